The topological polar surface area (TPSA) is 75.4 Å². The third kappa shape index (κ3) is 3.95. The Morgan fingerprint density at radius 1 is 1.22 bits per heavy atom. The second kappa shape index (κ2) is 7.64. The molecule has 2 aromatic rings. The number of carbonyl (C=O) groups is 1. The highest BCUT2D eigenvalue weighted by molar-refractivity contribution is 5.77. The Hall–Kier alpha value is -2.47. The van der Waals surface area contributed by atoms with Crippen molar-refractivity contribution < 1.29 is 4.79 Å². The maximum atomic E-state index is 11.7. The molecular formula is C21H27N5O. The third-order valence-corrected chi connectivity index (χ3v) is 5.60. The molecule has 1 atom stereocenters. The molecule has 0 bridgehead atoms. The van der Waals surface area contributed by atoms with Crippen molar-refractivity contribution in [1.29, 1.82) is 0 Å². The normalized spacial score (nSPS) is 20.3. The summed E-state index contributed by atoms with van der Waals surface area (Å²) in [5.74, 6) is 1.52. The average Bonchev–Trinajstić information content (AvgIpc) is 2.68. The van der Waals surface area contributed by atoms with Crippen molar-refractivity contribution in [1.82, 2.24) is 14.9 Å². The Kier molecular flexibility index (Phi) is 5.07. The lowest BCUT2D eigenvalue weighted by Crippen LogP contribution is -2.43. The minimum absolute atomic E-state index is 0.0892. The quantitative estimate of drug-likeness (QED) is 0.897. The summed E-state index contributed by atoms with van der Waals surface area (Å²) >= 11 is 0. The van der Waals surface area contributed by atoms with Gasteiger partial charge in [-0.2, -0.15) is 0 Å². The largest absolute Gasteiger partial charge is 0.369 e. The SMILES string of the molecule is Cc1nc2c(c(N3CCC[C@H](C(N)=O)C3)n1)CN(Cc1ccccc1)CC2. The number of carbonyl (C=O) groups excluding carboxylic acids is 1. The number of rotatable bonds is 4. The summed E-state index contributed by atoms with van der Waals surface area (Å²) in [4.78, 5) is 25.9. The predicted octanol–water partition coefficient (Wildman–Crippen LogP) is 2.05. The van der Waals surface area contributed by atoms with Crippen LogP contribution in [0.1, 0.15) is 35.5 Å². The number of fused-ring (bicyclic) bond motifs is 1. The number of piperidine rings is 1. The van der Waals surface area contributed by atoms with E-state index in [0.29, 0.717) is 6.54 Å². The van der Waals surface area contributed by atoms with Crippen molar-refractivity contribution in [3.63, 3.8) is 0 Å². The fourth-order valence-corrected chi connectivity index (χ4v) is 4.21. The van der Waals surface area contributed by atoms with Gasteiger partial charge in [0.2, 0.25) is 5.91 Å². The van der Waals surface area contributed by atoms with Crippen LogP contribution in [0.5, 0.6) is 0 Å². The Morgan fingerprint density at radius 2 is 2.04 bits per heavy atom. The van der Waals surface area contributed by atoms with E-state index >= 15 is 0 Å². The van der Waals surface area contributed by atoms with Crippen LogP contribution < -0.4 is 10.6 Å². The van der Waals surface area contributed by atoms with E-state index in [9.17, 15) is 4.79 Å². The zero-order valence-electron chi connectivity index (χ0n) is 15.9. The van der Waals surface area contributed by atoms with E-state index in [-0.39, 0.29) is 11.8 Å². The van der Waals surface area contributed by atoms with E-state index in [1.807, 2.05) is 6.92 Å². The number of benzene rings is 1. The summed E-state index contributed by atoms with van der Waals surface area (Å²) < 4.78 is 0. The van der Waals surface area contributed by atoms with Crippen LogP contribution in [0.4, 0.5) is 5.82 Å². The molecule has 27 heavy (non-hydrogen) atoms. The number of nitrogens with two attached hydrogens (primary N) is 1. The minimum Gasteiger partial charge on any atom is -0.369 e. The number of hydrogen-bond acceptors (Lipinski definition) is 5. The molecule has 4 rings (SSSR count). The molecule has 1 saturated heterocycles. The van der Waals surface area contributed by atoms with Gasteiger partial charge >= 0.3 is 0 Å². The van der Waals surface area contributed by atoms with Gasteiger partial charge < -0.3 is 10.6 Å². The fourth-order valence-electron chi connectivity index (χ4n) is 4.21. The Labute approximate surface area is 160 Å². The maximum Gasteiger partial charge on any atom is 0.222 e. The molecule has 0 radical (unpaired) electrons. The van der Waals surface area contributed by atoms with Crippen LogP contribution in [0.25, 0.3) is 0 Å². The van der Waals surface area contributed by atoms with Crippen LogP contribution in [0.3, 0.4) is 0 Å². The number of aryl methyl sites for hydroxylation is 1. The first-order valence-corrected chi connectivity index (χ1v) is 9.77. The van der Waals surface area contributed by atoms with Crippen molar-refractivity contribution in [2.24, 2.45) is 11.7 Å². The van der Waals surface area contributed by atoms with E-state index < -0.39 is 0 Å². The lowest BCUT2D eigenvalue weighted by molar-refractivity contribution is -0.122. The summed E-state index contributed by atoms with van der Waals surface area (Å²) in [5, 5.41) is 0. The van der Waals surface area contributed by atoms with Crippen molar-refractivity contribution in [3.05, 3.63) is 53.0 Å². The van der Waals surface area contributed by atoms with E-state index in [1.54, 1.807) is 0 Å². The third-order valence-electron chi connectivity index (χ3n) is 5.60. The lowest BCUT2D eigenvalue weighted by atomic mass is 9.96. The van der Waals surface area contributed by atoms with E-state index in [2.05, 4.69) is 40.1 Å². The number of anilines is 1. The molecule has 6 nitrogen and oxygen atoms in total. The number of amides is 1. The summed E-state index contributed by atoms with van der Waals surface area (Å²) in [7, 11) is 0. The molecule has 0 saturated carbocycles. The highest BCUT2D eigenvalue weighted by Gasteiger charge is 2.29. The van der Waals surface area contributed by atoms with Crippen LogP contribution in [0.2, 0.25) is 0 Å². The average molecular weight is 365 g/mol. The van der Waals surface area contributed by atoms with Gasteiger partial charge in [0.05, 0.1) is 11.6 Å². The van der Waals surface area contributed by atoms with Gasteiger partial charge in [-0.05, 0) is 25.3 Å². The molecule has 1 aromatic carbocycles. The van der Waals surface area contributed by atoms with Crippen molar-refractivity contribution in [2.75, 3.05) is 24.5 Å². The number of aromatic nitrogens is 2. The van der Waals surface area contributed by atoms with Crippen LogP contribution in [0.15, 0.2) is 30.3 Å². The van der Waals surface area contributed by atoms with Gasteiger partial charge in [-0.1, -0.05) is 30.3 Å². The summed E-state index contributed by atoms with van der Waals surface area (Å²) in [5.41, 5.74) is 9.27. The fraction of sp³-hybridized carbons (Fsp3) is 0.476. The molecule has 2 N–H and O–H groups in total. The number of nitrogens with zero attached hydrogens (tertiary/aromatic N) is 4. The monoisotopic (exact) mass is 365 g/mol. The van der Waals surface area contributed by atoms with Gasteiger partial charge in [0.25, 0.3) is 0 Å². The van der Waals surface area contributed by atoms with Crippen LogP contribution in [-0.4, -0.2) is 40.4 Å². The summed E-state index contributed by atoms with van der Waals surface area (Å²) in [6.07, 6.45) is 2.78. The maximum absolute atomic E-state index is 11.7. The highest BCUT2D eigenvalue weighted by Crippen LogP contribution is 2.30. The Morgan fingerprint density at radius 3 is 2.81 bits per heavy atom. The van der Waals surface area contributed by atoms with Gasteiger partial charge in [-0.15, -0.1) is 0 Å². The molecule has 3 heterocycles. The molecule has 0 unspecified atom stereocenters. The molecule has 0 aliphatic carbocycles. The van der Waals surface area contributed by atoms with Crippen LogP contribution >= 0.6 is 0 Å². The van der Waals surface area contributed by atoms with Crippen molar-refractivity contribution >= 4 is 11.7 Å². The molecule has 142 valence electrons. The first-order chi connectivity index (χ1) is 13.1. The Balaban J connectivity index is 1.59. The van der Waals surface area contributed by atoms with Gasteiger partial charge in [-0.3, -0.25) is 9.69 Å². The van der Waals surface area contributed by atoms with E-state index in [4.69, 9.17) is 15.7 Å². The molecule has 1 fully saturated rings. The smallest absolute Gasteiger partial charge is 0.222 e. The standard InChI is InChI=1S/C21H27N5O/c1-15-23-19-9-11-25(12-16-6-3-2-4-7-16)14-18(19)21(24-15)26-10-5-8-17(13-26)20(22)27/h2-4,6-7,17H,5,8-14H2,1H3,(H2,22,27)/t17-/m0/s1. The van der Waals surface area contributed by atoms with Gasteiger partial charge in [-0.25, -0.2) is 9.97 Å². The molecule has 1 amide bonds. The van der Waals surface area contributed by atoms with Gasteiger partial charge in [0, 0.05) is 44.7 Å². The zero-order chi connectivity index (χ0) is 18.8. The molecule has 1 aromatic heterocycles. The first kappa shape index (κ1) is 17.9. The van der Waals surface area contributed by atoms with Gasteiger partial charge in [0.1, 0.15) is 11.6 Å². The van der Waals surface area contributed by atoms with E-state index in [1.165, 1.54) is 11.1 Å². The van der Waals surface area contributed by atoms with Crippen LogP contribution in [0, 0.1) is 12.8 Å². The number of hydrogen-bond donors (Lipinski definition) is 1. The molecular weight excluding hydrogens is 338 g/mol. The minimum atomic E-state index is -0.204. The first-order valence-electron chi connectivity index (χ1n) is 9.77. The van der Waals surface area contributed by atoms with Crippen LogP contribution in [-0.2, 0) is 24.3 Å². The van der Waals surface area contributed by atoms with Crippen molar-refractivity contribution in [3.8, 4) is 0 Å². The second-order valence-electron chi connectivity index (χ2n) is 7.65. The lowest BCUT2D eigenvalue weighted by Gasteiger charge is -2.36. The van der Waals surface area contributed by atoms with E-state index in [0.717, 1.165) is 62.8 Å². The van der Waals surface area contributed by atoms with Gasteiger partial charge in [0.15, 0.2) is 0 Å². The summed E-state index contributed by atoms with van der Waals surface area (Å²) in [6.45, 7) is 6.31. The molecule has 0 spiro atoms. The van der Waals surface area contributed by atoms with Crippen molar-refractivity contribution in [2.45, 2.75) is 39.3 Å². The zero-order valence-corrected chi connectivity index (χ0v) is 15.9. The Bertz CT molecular complexity index is 823. The number of primary amides is 1. The molecule has 6 heteroatoms. The molecule has 2 aliphatic heterocycles. The second-order valence-corrected chi connectivity index (χ2v) is 7.65. The predicted molar refractivity (Wildman–Crippen MR) is 105 cm³/mol. The highest BCUT2D eigenvalue weighted by atomic mass is 16.1. The molecule has 2 aliphatic rings. The summed E-state index contributed by atoms with van der Waals surface area (Å²) in [6, 6.07) is 10.6.